The summed E-state index contributed by atoms with van der Waals surface area (Å²) in [5, 5.41) is 5.89. The van der Waals surface area contributed by atoms with Gasteiger partial charge in [-0.25, -0.2) is 9.97 Å². The SMILES string of the molecule is CCOC(=O)CC(=O)N1CCC(Nc2ncnc3ccc(C(c4ccc(Cl)cc4)c4ccc(Cl)cc4)cc23)CC1. The van der Waals surface area contributed by atoms with E-state index in [9.17, 15) is 9.59 Å². The third-order valence-corrected chi connectivity index (χ3v) is 7.69. The van der Waals surface area contributed by atoms with Crippen molar-refractivity contribution in [2.45, 2.75) is 38.1 Å². The fraction of sp³-hybridized carbons (Fsp3) is 0.290. The molecule has 0 radical (unpaired) electrons. The molecule has 1 amide bonds. The molecule has 4 aromatic rings. The lowest BCUT2D eigenvalue weighted by Crippen LogP contribution is -2.43. The van der Waals surface area contributed by atoms with Crippen molar-refractivity contribution in [2.75, 3.05) is 25.0 Å². The second-order valence-electron chi connectivity index (χ2n) is 9.82. The van der Waals surface area contributed by atoms with Crippen LogP contribution in [0.2, 0.25) is 10.0 Å². The fourth-order valence-corrected chi connectivity index (χ4v) is 5.42. The Kier molecular flexibility index (Phi) is 8.82. The standard InChI is InChI=1S/C31H30Cl2N4O3/c1-2-40-29(39)18-28(38)37-15-13-25(14-16-37)36-31-26-17-22(7-12-27(26)34-19-35-31)30(20-3-8-23(32)9-4-20)21-5-10-24(33)11-6-21/h3-12,17,19,25,30H,2,13-16,18H2,1H3,(H,34,35,36). The lowest BCUT2D eigenvalue weighted by Gasteiger charge is -2.32. The number of esters is 1. The predicted molar refractivity (Wildman–Crippen MR) is 158 cm³/mol. The zero-order chi connectivity index (χ0) is 28.1. The van der Waals surface area contributed by atoms with Crippen molar-refractivity contribution in [2.24, 2.45) is 0 Å². The lowest BCUT2D eigenvalue weighted by atomic mass is 9.84. The number of benzene rings is 3. The van der Waals surface area contributed by atoms with Gasteiger partial charge in [-0.15, -0.1) is 0 Å². The first-order valence-corrected chi connectivity index (χ1v) is 14.1. The van der Waals surface area contributed by atoms with E-state index in [1.54, 1.807) is 18.2 Å². The number of carbonyl (C=O) groups is 2. The summed E-state index contributed by atoms with van der Waals surface area (Å²) in [6.45, 7) is 3.14. The minimum Gasteiger partial charge on any atom is -0.466 e. The van der Waals surface area contributed by atoms with E-state index in [4.69, 9.17) is 27.9 Å². The summed E-state index contributed by atoms with van der Waals surface area (Å²) in [7, 11) is 0. The number of hydrogen-bond donors (Lipinski definition) is 1. The third-order valence-electron chi connectivity index (χ3n) is 7.19. The minimum atomic E-state index is -0.480. The Hall–Kier alpha value is -3.68. The second-order valence-corrected chi connectivity index (χ2v) is 10.7. The molecule has 1 aliphatic rings. The number of amides is 1. The van der Waals surface area contributed by atoms with Gasteiger partial charge < -0.3 is 15.0 Å². The summed E-state index contributed by atoms with van der Waals surface area (Å²) in [6, 6.07) is 22.2. The Morgan fingerprint density at radius 3 is 2.12 bits per heavy atom. The Bertz CT molecular complexity index is 1440. The van der Waals surface area contributed by atoms with Crippen LogP contribution in [-0.4, -0.2) is 52.5 Å². The molecule has 0 spiro atoms. The topological polar surface area (TPSA) is 84.4 Å². The maximum absolute atomic E-state index is 12.5. The van der Waals surface area contributed by atoms with Gasteiger partial charge in [-0.2, -0.15) is 0 Å². The molecule has 0 bridgehead atoms. The molecule has 1 aromatic heterocycles. The molecule has 0 saturated carbocycles. The lowest BCUT2D eigenvalue weighted by molar-refractivity contribution is -0.148. The highest BCUT2D eigenvalue weighted by Crippen LogP contribution is 2.35. The Labute approximate surface area is 243 Å². The summed E-state index contributed by atoms with van der Waals surface area (Å²) in [6.07, 6.45) is 2.85. The van der Waals surface area contributed by atoms with E-state index in [1.807, 2.05) is 54.6 Å². The molecule has 0 aliphatic carbocycles. The molecule has 9 heteroatoms. The molecule has 1 saturated heterocycles. The molecule has 5 rings (SSSR count). The maximum Gasteiger partial charge on any atom is 0.315 e. The van der Waals surface area contributed by atoms with Gasteiger partial charge in [-0.05, 0) is 72.9 Å². The van der Waals surface area contributed by atoms with E-state index in [0.717, 1.165) is 46.3 Å². The van der Waals surface area contributed by atoms with E-state index in [0.29, 0.717) is 23.1 Å². The van der Waals surface area contributed by atoms with E-state index in [-0.39, 0.29) is 30.9 Å². The van der Waals surface area contributed by atoms with Gasteiger partial charge in [0.2, 0.25) is 5.91 Å². The Morgan fingerprint density at radius 1 is 0.925 bits per heavy atom. The van der Waals surface area contributed by atoms with Gasteiger partial charge in [0.15, 0.2) is 0 Å². The van der Waals surface area contributed by atoms with Crippen molar-refractivity contribution >= 4 is 51.8 Å². The number of rotatable bonds is 8. The first kappa shape index (κ1) is 27.9. The van der Waals surface area contributed by atoms with Gasteiger partial charge in [0.1, 0.15) is 18.6 Å². The normalized spacial score (nSPS) is 13.9. The van der Waals surface area contributed by atoms with Crippen LogP contribution in [0.15, 0.2) is 73.1 Å². The zero-order valence-electron chi connectivity index (χ0n) is 22.1. The van der Waals surface area contributed by atoms with E-state index >= 15 is 0 Å². The van der Waals surface area contributed by atoms with Gasteiger partial charge >= 0.3 is 5.97 Å². The number of carbonyl (C=O) groups excluding carboxylic acids is 2. The van der Waals surface area contributed by atoms with Gasteiger partial charge in [0.25, 0.3) is 0 Å². The monoisotopic (exact) mass is 576 g/mol. The first-order valence-electron chi connectivity index (χ1n) is 13.4. The highest BCUT2D eigenvalue weighted by molar-refractivity contribution is 6.30. The van der Waals surface area contributed by atoms with Crippen molar-refractivity contribution in [3.05, 3.63) is 99.8 Å². The summed E-state index contributed by atoms with van der Waals surface area (Å²) in [4.78, 5) is 35.0. The van der Waals surface area contributed by atoms with E-state index in [1.165, 1.54) is 0 Å². The van der Waals surface area contributed by atoms with Crippen molar-refractivity contribution in [1.82, 2.24) is 14.9 Å². The van der Waals surface area contributed by atoms with E-state index in [2.05, 4.69) is 27.4 Å². The van der Waals surface area contributed by atoms with Crippen LogP contribution in [0.1, 0.15) is 48.8 Å². The molecule has 3 aromatic carbocycles. The maximum atomic E-state index is 12.5. The molecule has 7 nitrogen and oxygen atoms in total. The molecule has 0 unspecified atom stereocenters. The number of halogens is 2. The van der Waals surface area contributed by atoms with Crippen LogP contribution in [-0.2, 0) is 14.3 Å². The van der Waals surface area contributed by atoms with Crippen LogP contribution in [0.25, 0.3) is 10.9 Å². The molecule has 0 atom stereocenters. The summed E-state index contributed by atoms with van der Waals surface area (Å²) >= 11 is 12.4. The summed E-state index contributed by atoms with van der Waals surface area (Å²) in [5.41, 5.74) is 4.15. The molecule has 1 aliphatic heterocycles. The molecular formula is C31H30Cl2N4O3. The molecule has 206 valence electrons. The van der Waals surface area contributed by atoms with Gasteiger partial charge in [0, 0.05) is 40.5 Å². The first-order chi connectivity index (χ1) is 19.4. The van der Waals surface area contributed by atoms with Crippen LogP contribution in [0, 0.1) is 0 Å². The number of nitrogens with zero attached hydrogens (tertiary/aromatic N) is 3. The number of ether oxygens (including phenoxy) is 1. The van der Waals surface area contributed by atoms with E-state index < -0.39 is 5.97 Å². The number of nitrogens with one attached hydrogen (secondary N) is 1. The zero-order valence-corrected chi connectivity index (χ0v) is 23.7. The molecule has 1 N–H and O–H groups in total. The number of aromatic nitrogens is 2. The van der Waals surface area contributed by atoms with Crippen LogP contribution in [0.3, 0.4) is 0 Å². The number of likely N-dealkylation sites (tertiary alicyclic amines) is 1. The fourth-order valence-electron chi connectivity index (χ4n) is 5.17. The number of piperidine rings is 1. The van der Waals surface area contributed by atoms with Crippen molar-refractivity contribution in [3.8, 4) is 0 Å². The van der Waals surface area contributed by atoms with Gasteiger partial charge in [0.05, 0.1) is 12.1 Å². The summed E-state index contributed by atoms with van der Waals surface area (Å²) < 4.78 is 4.91. The highest BCUT2D eigenvalue weighted by atomic mass is 35.5. The minimum absolute atomic E-state index is 0.0411. The van der Waals surface area contributed by atoms with Crippen LogP contribution >= 0.6 is 23.2 Å². The number of anilines is 1. The van der Waals surface area contributed by atoms with Crippen molar-refractivity contribution in [1.29, 1.82) is 0 Å². The predicted octanol–water partition coefficient (Wildman–Crippen LogP) is 6.47. The van der Waals surface area contributed by atoms with Crippen molar-refractivity contribution < 1.29 is 14.3 Å². The second kappa shape index (κ2) is 12.7. The largest absolute Gasteiger partial charge is 0.466 e. The van der Waals surface area contributed by atoms with Crippen molar-refractivity contribution in [3.63, 3.8) is 0 Å². The highest BCUT2D eigenvalue weighted by Gasteiger charge is 2.25. The molecule has 40 heavy (non-hydrogen) atoms. The smallest absolute Gasteiger partial charge is 0.315 e. The van der Waals surface area contributed by atoms with Crippen LogP contribution in [0.4, 0.5) is 5.82 Å². The third kappa shape index (κ3) is 6.54. The Morgan fingerprint density at radius 2 is 1.52 bits per heavy atom. The average molecular weight is 578 g/mol. The number of hydrogen-bond acceptors (Lipinski definition) is 6. The van der Waals surface area contributed by atoms with Crippen LogP contribution in [0.5, 0.6) is 0 Å². The van der Waals surface area contributed by atoms with Gasteiger partial charge in [-0.1, -0.05) is 53.5 Å². The van der Waals surface area contributed by atoms with Crippen LogP contribution < -0.4 is 5.32 Å². The Balaban J connectivity index is 1.38. The molecule has 1 fully saturated rings. The summed E-state index contributed by atoms with van der Waals surface area (Å²) in [5.74, 6) is 0.0470. The molecular weight excluding hydrogens is 547 g/mol. The quantitative estimate of drug-likeness (QED) is 0.147. The number of fused-ring (bicyclic) bond motifs is 1. The average Bonchev–Trinajstić information content (AvgIpc) is 2.96. The van der Waals surface area contributed by atoms with Gasteiger partial charge in [-0.3, -0.25) is 9.59 Å². The molecule has 2 heterocycles.